The van der Waals surface area contributed by atoms with Gasteiger partial charge in [0, 0.05) is 22.6 Å². The van der Waals surface area contributed by atoms with Gasteiger partial charge in [0.15, 0.2) is 5.78 Å². The number of anilines is 1. The van der Waals surface area contributed by atoms with Crippen molar-refractivity contribution in [3.8, 4) is 5.75 Å². The summed E-state index contributed by atoms with van der Waals surface area (Å²) in [6.07, 6.45) is -4.55. The highest BCUT2D eigenvalue weighted by Gasteiger charge is 2.34. The van der Waals surface area contributed by atoms with E-state index in [4.69, 9.17) is 4.74 Å². The molecule has 0 fully saturated rings. The average Bonchev–Trinajstić information content (AvgIpc) is 2.90. The lowest BCUT2D eigenvalue weighted by Crippen LogP contribution is -2.50. The smallest absolute Gasteiger partial charge is 0.444 e. The molecule has 1 aliphatic rings. The van der Waals surface area contributed by atoms with E-state index in [-0.39, 0.29) is 23.8 Å². The van der Waals surface area contributed by atoms with Gasteiger partial charge in [0.05, 0.1) is 12.2 Å². The van der Waals surface area contributed by atoms with Crippen LogP contribution in [-0.2, 0) is 16.1 Å². The number of halogens is 3. The zero-order valence-electron chi connectivity index (χ0n) is 21.0. The molecule has 7 nitrogen and oxygen atoms in total. The van der Waals surface area contributed by atoms with Crippen LogP contribution in [0.25, 0.3) is 0 Å². The lowest BCUT2D eigenvalue weighted by molar-refractivity contribution is -0.274. The Labute approximate surface area is 217 Å². The Morgan fingerprint density at radius 2 is 1.78 bits per heavy atom. The highest BCUT2D eigenvalue weighted by molar-refractivity contribution is 7.99. The number of thioether (sulfide) groups is 1. The standard InChI is InChI=1S/C26H29F3N2O5S/c1-5-6-21(32)17-9-12-22-20(13-17)31(14-16-7-10-18(11-8-16)35-26(27,28)29)23(33)19(15-37-22)30-24(34)36-25(2,3)4/h7-13,19H,5-6,14-15H2,1-4H3,(H,30,34)/t19-/m0/s1. The molecular formula is C26H29F3N2O5S. The van der Waals surface area contributed by atoms with E-state index in [0.717, 1.165) is 4.90 Å². The number of nitrogens with zero attached hydrogens (tertiary/aromatic N) is 1. The number of Topliss-reactive ketones (excluding diaryl/α,β-unsaturated/α-hetero) is 1. The number of fused-ring (bicyclic) bond motifs is 1. The van der Waals surface area contributed by atoms with Gasteiger partial charge >= 0.3 is 12.5 Å². The minimum Gasteiger partial charge on any atom is -0.444 e. The van der Waals surface area contributed by atoms with E-state index in [0.29, 0.717) is 29.7 Å². The molecule has 0 aliphatic carbocycles. The van der Waals surface area contributed by atoms with Crippen molar-refractivity contribution in [3.05, 3.63) is 53.6 Å². The van der Waals surface area contributed by atoms with Crippen molar-refractivity contribution in [1.82, 2.24) is 5.32 Å². The second-order valence-corrected chi connectivity index (χ2v) is 10.5. The first kappa shape index (κ1) is 28.4. The monoisotopic (exact) mass is 538 g/mol. The number of benzene rings is 2. The summed E-state index contributed by atoms with van der Waals surface area (Å²) in [6.45, 7) is 7.01. The van der Waals surface area contributed by atoms with Crippen molar-refractivity contribution in [1.29, 1.82) is 0 Å². The Morgan fingerprint density at radius 1 is 1.11 bits per heavy atom. The molecule has 2 amide bonds. The van der Waals surface area contributed by atoms with E-state index in [1.54, 1.807) is 39.0 Å². The van der Waals surface area contributed by atoms with Gasteiger partial charge in [-0.05, 0) is 57.0 Å². The van der Waals surface area contributed by atoms with Gasteiger partial charge in [-0.3, -0.25) is 9.59 Å². The van der Waals surface area contributed by atoms with Crippen molar-refractivity contribution in [2.75, 3.05) is 10.7 Å². The first-order valence-electron chi connectivity index (χ1n) is 11.7. The molecule has 1 aliphatic heterocycles. The maximum atomic E-state index is 13.7. The predicted molar refractivity (Wildman–Crippen MR) is 134 cm³/mol. The highest BCUT2D eigenvalue weighted by Crippen LogP contribution is 2.37. The SMILES string of the molecule is CCCC(=O)c1ccc2c(c1)N(Cc1ccc(OC(F)(F)F)cc1)C(=O)[C@@H](NC(=O)OC(C)(C)C)CS2. The summed E-state index contributed by atoms with van der Waals surface area (Å²) >= 11 is 1.35. The Hall–Kier alpha value is -3.21. The van der Waals surface area contributed by atoms with Gasteiger partial charge in [-0.1, -0.05) is 25.1 Å². The summed E-state index contributed by atoms with van der Waals surface area (Å²) in [6, 6.07) is 9.36. The van der Waals surface area contributed by atoms with E-state index < -0.39 is 30.0 Å². The third-order valence-corrected chi connectivity index (χ3v) is 6.36. The fraction of sp³-hybridized carbons (Fsp3) is 0.423. The van der Waals surface area contributed by atoms with Crippen molar-refractivity contribution in [2.45, 2.75) is 70.0 Å². The van der Waals surface area contributed by atoms with Crippen molar-refractivity contribution in [2.24, 2.45) is 0 Å². The van der Waals surface area contributed by atoms with Crippen LogP contribution in [0.4, 0.5) is 23.7 Å². The Morgan fingerprint density at radius 3 is 2.38 bits per heavy atom. The maximum absolute atomic E-state index is 13.7. The third kappa shape index (κ3) is 8.14. The molecule has 37 heavy (non-hydrogen) atoms. The Kier molecular flexibility index (Phi) is 8.78. The van der Waals surface area contributed by atoms with E-state index in [9.17, 15) is 27.6 Å². The van der Waals surface area contributed by atoms with Crippen LogP contribution in [0, 0.1) is 0 Å². The molecule has 11 heteroatoms. The molecule has 2 aromatic rings. The van der Waals surface area contributed by atoms with Crippen LogP contribution in [0.15, 0.2) is 47.4 Å². The molecule has 200 valence electrons. The molecule has 0 aromatic heterocycles. The molecule has 0 spiro atoms. The quantitative estimate of drug-likeness (QED) is 0.429. The van der Waals surface area contributed by atoms with E-state index in [2.05, 4.69) is 10.1 Å². The molecule has 0 bridgehead atoms. The van der Waals surface area contributed by atoms with Crippen LogP contribution in [0.1, 0.15) is 56.5 Å². The summed E-state index contributed by atoms with van der Waals surface area (Å²) in [5.74, 6) is -0.662. The lowest BCUT2D eigenvalue weighted by Gasteiger charge is -2.27. The van der Waals surface area contributed by atoms with Gasteiger partial charge in [0.2, 0.25) is 0 Å². The van der Waals surface area contributed by atoms with Gasteiger partial charge < -0.3 is 19.7 Å². The molecular weight excluding hydrogens is 509 g/mol. The number of hydrogen-bond acceptors (Lipinski definition) is 6. The van der Waals surface area contributed by atoms with Gasteiger partial charge in [-0.25, -0.2) is 4.79 Å². The van der Waals surface area contributed by atoms with E-state index >= 15 is 0 Å². The van der Waals surface area contributed by atoms with Crippen LogP contribution < -0.4 is 15.0 Å². The van der Waals surface area contributed by atoms with Crippen LogP contribution in [0.3, 0.4) is 0 Å². The molecule has 1 atom stereocenters. The van der Waals surface area contributed by atoms with Crippen LogP contribution in [0.5, 0.6) is 5.75 Å². The summed E-state index contributed by atoms with van der Waals surface area (Å²) in [5.41, 5.74) is 0.706. The summed E-state index contributed by atoms with van der Waals surface area (Å²) < 4.78 is 46.8. The van der Waals surface area contributed by atoms with Gasteiger partial charge in [0.25, 0.3) is 5.91 Å². The second-order valence-electron chi connectivity index (χ2n) is 9.48. The molecule has 1 N–H and O–H groups in total. The Balaban J connectivity index is 1.94. The van der Waals surface area contributed by atoms with Crippen molar-refractivity contribution >= 4 is 35.2 Å². The lowest BCUT2D eigenvalue weighted by atomic mass is 10.1. The number of rotatable bonds is 7. The zero-order chi connectivity index (χ0) is 27.4. The first-order valence-corrected chi connectivity index (χ1v) is 12.7. The largest absolute Gasteiger partial charge is 0.573 e. The highest BCUT2D eigenvalue weighted by atomic mass is 32.2. The third-order valence-electron chi connectivity index (χ3n) is 5.21. The number of ketones is 1. The number of nitrogens with one attached hydrogen (secondary N) is 1. The number of carbonyl (C=O) groups excluding carboxylic acids is 3. The van der Waals surface area contributed by atoms with E-state index in [1.807, 2.05) is 6.92 Å². The van der Waals surface area contributed by atoms with Crippen molar-refractivity contribution in [3.63, 3.8) is 0 Å². The number of hydrogen-bond donors (Lipinski definition) is 1. The predicted octanol–water partition coefficient (Wildman–Crippen LogP) is 6.10. The fourth-order valence-electron chi connectivity index (χ4n) is 3.64. The van der Waals surface area contributed by atoms with Crippen LogP contribution in [-0.4, -0.2) is 41.5 Å². The zero-order valence-corrected chi connectivity index (χ0v) is 21.8. The molecule has 0 saturated heterocycles. The Bertz CT molecular complexity index is 1150. The molecule has 0 unspecified atom stereocenters. The number of alkyl halides is 3. The minimum absolute atomic E-state index is 0.00336. The number of alkyl carbamates (subject to hydrolysis) is 1. The molecule has 3 rings (SSSR count). The van der Waals surface area contributed by atoms with Crippen LogP contribution in [0.2, 0.25) is 0 Å². The molecule has 1 heterocycles. The van der Waals surface area contributed by atoms with Gasteiger partial charge in [-0.2, -0.15) is 0 Å². The van der Waals surface area contributed by atoms with Gasteiger partial charge in [0.1, 0.15) is 17.4 Å². The molecule has 2 aromatic carbocycles. The fourth-order valence-corrected chi connectivity index (χ4v) is 4.70. The summed E-state index contributed by atoms with van der Waals surface area (Å²) in [4.78, 5) is 40.8. The summed E-state index contributed by atoms with van der Waals surface area (Å²) in [7, 11) is 0. The number of amides is 2. The number of carbonyl (C=O) groups is 3. The minimum atomic E-state index is -4.82. The topological polar surface area (TPSA) is 84.9 Å². The molecule has 0 radical (unpaired) electrons. The number of ether oxygens (including phenoxy) is 2. The normalized spacial score (nSPS) is 16.0. The molecule has 0 saturated carbocycles. The van der Waals surface area contributed by atoms with E-state index in [1.165, 1.54) is 40.9 Å². The first-order chi connectivity index (χ1) is 17.3. The summed E-state index contributed by atoms with van der Waals surface area (Å²) in [5, 5.41) is 2.62. The van der Waals surface area contributed by atoms with Crippen LogP contribution >= 0.6 is 11.8 Å². The second kappa shape index (κ2) is 11.5. The van der Waals surface area contributed by atoms with Gasteiger partial charge in [-0.15, -0.1) is 24.9 Å². The average molecular weight is 539 g/mol. The van der Waals surface area contributed by atoms with Crippen molar-refractivity contribution < 1.29 is 37.0 Å². The maximum Gasteiger partial charge on any atom is 0.573 e.